The molecule has 2 aromatic carbocycles. The normalized spacial score (nSPS) is 14.3. The summed E-state index contributed by atoms with van der Waals surface area (Å²) in [5.41, 5.74) is 3.24. The Kier molecular flexibility index (Phi) is 6.92. The van der Waals surface area contributed by atoms with Crippen LogP contribution >= 0.6 is 0 Å². The van der Waals surface area contributed by atoms with Crippen molar-refractivity contribution in [1.82, 2.24) is 9.88 Å². The van der Waals surface area contributed by atoms with Gasteiger partial charge in [0, 0.05) is 37.8 Å². The van der Waals surface area contributed by atoms with Crippen LogP contribution in [0.2, 0.25) is 0 Å². The number of methoxy groups -OCH3 is 1. The number of hydrogen-bond donors (Lipinski definition) is 0. The van der Waals surface area contributed by atoms with Crippen molar-refractivity contribution in [2.75, 3.05) is 38.2 Å². The third kappa shape index (κ3) is 5.55. The van der Waals surface area contributed by atoms with Crippen LogP contribution in [0.5, 0.6) is 5.75 Å². The van der Waals surface area contributed by atoms with Crippen LogP contribution in [0.1, 0.15) is 53.8 Å². The van der Waals surface area contributed by atoms with Gasteiger partial charge in [-0.15, -0.1) is 0 Å². The maximum atomic E-state index is 12.9. The largest absolute Gasteiger partial charge is 0.497 e. The summed E-state index contributed by atoms with van der Waals surface area (Å²) in [5, 5.41) is 9.59. The lowest BCUT2D eigenvalue weighted by Gasteiger charge is -2.34. The fraction of sp³-hybridized carbons (Fsp3) is 0.321. The van der Waals surface area contributed by atoms with Gasteiger partial charge in [-0.25, -0.2) is 0 Å². The molecular weight excluding hydrogens is 440 g/mol. The van der Waals surface area contributed by atoms with E-state index in [0.29, 0.717) is 49.3 Å². The van der Waals surface area contributed by atoms with E-state index >= 15 is 0 Å². The summed E-state index contributed by atoms with van der Waals surface area (Å²) in [6, 6.07) is 17.6. The second kappa shape index (κ2) is 10.1. The monoisotopic (exact) mass is 470 g/mol. The first-order valence-corrected chi connectivity index (χ1v) is 11.7. The molecule has 0 bridgehead atoms. The lowest BCUT2D eigenvalue weighted by molar-refractivity contribution is 0.0745. The highest BCUT2D eigenvalue weighted by molar-refractivity contribution is 5.94. The molecule has 0 saturated carbocycles. The van der Waals surface area contributed by atoms with Gasteiger partial charge in [0.05, 0.1) is 7.11 Å². The molecule has 1 saturated heterocycles. The molecule has 0 spiro atoms. The van der Waals surface area contributed by atoms with Gasteiger partial charge in [-0.2, -0.15) is 10.2 Å². The van der Waals surface area contributed by atoms with Crippen molar-refractivity contribution in [3.05, 3.63) is 76.8 Å². The number of oxazole rings is 1. The number of hydrogen-bond acceptors (Lipinski definition) is 6. The van der Waals surface area contributed by atoms with Crippen molar-refractivity contribution in [3.63, 3.8) is 0 Å². The molecule has 35 heavy (non-hydrogen) atoms. The van der Waals surface area contributed by atoms with E-state index in [9.17, 15) is 10.1 Å². The minimum Gasteiger partial charge on any atom is -0.497 e. The van der Waals surface area contributed by atoms with Gasteiger partial charge in [-0.1, -0.05) is 51.1 Å². The molecule has 0 aliphatic carbocycles. The first-order valence-electron chi connectivity index (χ1n) is 11.7. The molecule has 7 nitrogen and oxygen atoms in total. The first-order chi connectivity index (χ1) is 16.8. The van der Waals surface area contributed by atoms with E-state index in [4.69, 9.17) is 9.15 Å². The standard InChI is InChI=1S/C28H30N4O3/c1-28(2,3)22-11-8-20(9-12-22)10-13-25-30-24(19-29)27(35-25)32-16-14-31(15-17-32)26(33)21-6-5-7-23(18-21)34-4/h5-13,18H,14-17H2,1-4H3/b13-10+. The fourth-order valence-electron chi connectivity index (χ4n) is 4.00. The fourth-order valence-corrected chi connectivity index (χ4v) is 4.00. The number of rotatable bonds is 5. The van der Waals surface area contributed by atoms with Crippen molar-refractivity contribution in [2.24, 2.45) is 0 Å². The quantitative estimate of drug-likeness (QED) is 0.523. The van der Waals surface area contributed by atoms with Gasteiger partial charge < -0.3 is 19.0 Å². The summed E-state index contributed by atoms with van der Waals surface area (Å²) >= 11 is 0. The molecule has 1 aromatic heterocycles. The summed E-state index contributed by atoms with van der Waals surface area (Å²) in [5.74, 6) is 1.44. The number of anilines is 1. The van der Waals surface area contributed by atoms with Crippen LogP contribution in [0.15, 0.2) is 52.9 Å². The van der Waals surface area contributed by atoms with E-state index in [2.05, 4.69) is 56.1 Å². The molecule has 2 heterocycles. The van der Waals surface area contributed by atoms with Gasteiger partial charge in [0.2, 0.25) is 17.5 Å². The molecule has 1 fully saturated rings. The number of amides is 1. The number of carbonyl (C=O) groups is 1. The molecule has 0 radical (unpaired) electrons. The van der Waals surface area contributed by atoms with Gasteiger partial charge in [0.1, 0.15) is 11.8 Å². The Bertz CT molecular complexity index is 1250. The number of nitriles is 1. The van der Waals surface area contributed by atoms with E-state index in [0.717, 1.165) is 5.56 Å². The number of carbonyl (C=O) groups excluding carboxylic acids is 1. The average molecular weight is 471 g/mol. The lowest BCUT2D eigenvalue weighted by atomic mass is 9.87. The van der Waals surface area contributed by atoms with Crippen molar-refractivity contribution < 1.29 is 13.9 Å². The van der Waals surface area contributed by atoms with Crippen LogP contribution in [0.25, 0.3) is 12.2 Å². The van der Waals surface area contributed by atoms with Gasteiger partial charge in [-0.3, -0.25) is 4.79 Å². The van der Waals surface area contributed by atoms with Crippen LogP contribution in [-0.4, -0.2) is 49.1 Å². The SMILES string of the molecule is COc1cccc(C(=O)N2CCN(c3oc(/C=C/c4ccc(C(C)(C)C)cc4)nc3C#N)CC2)c1. The molecule has 0 atom stereocenters. The number of ether oxygens (including phenoxy) is 1. The number of piperazine rings is 1. The third-order valence-electron chi connectivity index (χ3n) is 6.10. The topological polar surface area (TPSA) is 82.6 Å². The average Bonchev–Trinajstić information content (AvgIpc) is 3.30. The Morgan fingerprint density at radius 2 is 1.80 bits per heavy atom. The summed E-state index contributed by atoms with van der Waals surface area (Å²) in [6.07, 6.45) is 3.70. The zero-order valence-corrected chi connectivity index (χ0v) is 20.6. The lowest BCUT2D eigenvalue weighted by Crippen LogP contribution is -2.48. The molecule has 7 heteroatoms. The van der Waals surface area contributed by atoms with Crippen molar-refractivity contribution in [2.45, 2.75) is 26.2 Å². The third-order valence-corrected chi connectivity index (χ3v) is 6.10. The second-order valence-corrected chi connectivity index (χ2v) is 9.53. The van der Waals surface area contributed by atoms with Crippen molar-refractivity contribution >= 4 is 23.9 Å². The van der Waals surface area contributed by atoms with Crippen LogP contribution in [0.4, 0.5) is 5.88 Å². The van der Waals surface area contributed by atoms with Crippen LogP contribution in [0, 0.1) is 11.3 Å². The molecule has 0 unspecified atom stereocenters. The molecule has 180 valence electrons. The van der Waals surface area contributed by atoms with Crippen molar-refractivity contribution in [1.29, 1.82) is 5.26 Å². The van der Waals surface area contributed by atoms with Crippen LogP contribution in [0.3, 0.4) is 0 Å². The minimum atomic E-state index is -0.0391. The number of benzene rings is 2. The summed E-state index contributed by atoms with van der Waals surface area (Å²) in [6.45, 7) is 8.70. The van der Waals surface area contributed by atoms with E-state index in [1.54, 1.807) is 30.2 Å². The summed E-state index contributed by atoms with van der Waals surface area (Å²) < 4.78 is 11.2. The van der Waals surface area contributed by atoms with Crippen molar-refractivity contribution in [3.8, 4) is 11.8 Å². The Hall–Kier alpha value is -4.05. The molecular formula is C28H30N4O3. The Morgan fingerprint density at radius 1 is 1.09 bits per heavy atom. The summed E-state index contributed by atoms with van der Waals surface area (Å²) in [4.78, 5) is 21.0. The second-order valence-electron chi connectivity index (χ2n) is 9.53. The number of nitrogens with zero attached hydrogens (tertiary/aromatic N) is 4. The smallest absolute Gasteiger partial charge is 0.254 e. The van der Waals surface area contributed by atoms with Gasteiger partial charge in [0.25, 0.3) is 5.91 Å². The van der Waals surface area contributed by atoms with Gasteiger partial charge >= 0.3 is 0 Å². The van der Waals surface area contributed by atoms with E-state index < -0.39 is 0 Å². The van der Waals surface area contributed by atoms with Crippen LogP contribution in [-0.2, 0) is 5.41 Å². The van der Waals surface area contributed by atoms with E-state index in [1.807, 2.05) is 23.1 Å². The highest BCUT2D eigenvalue weighted by Crippen LogP contribution is 2.26. The Balaban J connectivity index is 1.42. The maximum Gasteiger partial charge on any atom is 0.254 e. The highest BCUT2D eigenvalue weighted by Gasteiger charge is 2.26. The van der Waals surface area contributed by atoms with Crippen LogP contribution < -0.4 is 9.64 Å². The van der Waals surface area contributed by atoms with E-state index in [1.165, 1.54) is 5.56 Å². The molecule has 4 rings (SSSR count). The zero-order chi connectivity index (χ0) is 25.0. The molecule has 3 aromatic rings. The zero-order valence-electron chi connectivity index (χ0n) is 20.6. The predicted molar refractivity (Wildman–Crippen MR) is 136 cm³/mol. The first kappa shape index (κ1) is 24.1. The predicted octanol–water partition coefficient (Wildman–Crippen LogP) is 4.99. The van der Waals surface area contributed by atoms with Gasteiger partial charge in [0.15, 0.2) is 0 Å². The summed E-state index contributed by atoms with van der Waals surface area (Å²) in [7, 11) is 1.58. The maximum absolute atomic E-state index is 12.9. The number of aromatic nitrogens is 1. The molecule has 0 N–H and O–H groups in total. The minimum absolute atomic E-state index is 0.0391. The van der Waals surface area contributed by atoms with Gasteiger partial charge in [-0.05, 0) is 40.8 Å². The Labute approximate surface area is 206 Å². The molecule has 1 aliphatic heterocycles. The Morgan fingerprint density at radius 3 is 2.43 bits per heavy atom. The van der Waals surface area contributed by atoms with E-state index in [-0.39, 0.29) is 17.0 Å². The highest BCUT2D eigenvalue weighted by atomic mass is 16.5. The molecule has 1 amide bonds. The molecule has 1 aliphatic rings.